The molecule has 0 amide bonds. The summed E-state index contributed by atoms with van der Waals surface area (Å²) < 4.78 is 0. The molecule has 0 unspecified atom stereocenters. The van der Waals surface area contributed by atoms with Gasteiger partial charge in [0.05, 0.1) is 0 Å². The average Bonchev–Trinajstić information content (AvgIpc) is 2.46. The first-order valence-electron chi connectivity index (χ1n) is 7.93. The van der Waals surface area contributed by atoms with Crippen LogP contribution < -0.4 is 0 Å². The number of hydrogen-bond acceptors (Lipinski definition) is 2. The lowest BCUT2D eigenvalue weighted by Crippen LogP contribution is -2.26. The molecule has 1 aliphatic carbocycles. The van der Waals surface area contributed by atoms with E-state index < -0.39 is 0 Å². The highest BCUT2D eigenvalue weighted by Gasteiger charge is 2.17. The fourth-order valence-corrected chi connectivity index (χ4v) is 3.35. The Hall–Kier alpha value is -1.96. The van der Waals surface area contributed by atoms with Crippen LogP contribution in [0.4, 0.5) is 0 Å². The van der Waals surface area contributed by atoms with Crippen LogP contribution in [0.15, 0.2) is 36.0 Å². The summed E-state index contributed by atoms with van der Waals surface area (Å²) in [5.41, 5.74) is 3.90. The standard InChI is InChI=1S/C19H23NO/c1-3-8-20(9-4-2)17-10-14-6-5-7-15-12-18(21)13-16(11-17)19(14)15/h5-7,11-13,21H,3-4,8-10H2,1-2H3. The summed E-state index contributed by atoms with van der Waals surface area (Å²) in [7, 11) is 0. The van der Waals surface area contributed by atoms with E-state index >= 15 is 0 Å². The highest BCUT2D eigenvalue weighted by atomic mass is 16.3. The molecule has 0 saturated carbocycles. The quantitative estimate of drug-likeness (QED) is 0.868. The minimum absolute atomic E-state index is 0.352. The third-order valence-electron chi connectivity index (χ3n) is 4.17. The maximum Gasteiger partial charge on any atom is 0.116 e. The molecule has 0 atom stereocenters. The SMILES string of the molecule is CCCN(CCC)C1=Cc2cc(O)cc3cccc(c23)C1. The van der Waals surface area contributed by atoms with Crippen LogP contribution in [-0.4, -0.2) is 23.1 Å². The fraction of sp³-hybridized carbons (Fsp3) is 0.368. The molecule has 0 aromatic heterocycles. The molecule has 2 aromatic carbocycles. The van der Waals surface area contributed by atoms with E-state index in [0.717, 1.165) is 43.3 Å². The Bertz CT molecular complexity index is 681. The van der Waals surface area contributed by atoms with Crippen molar-refractivity contribution in [1.82, 2.24) is 4.90 Å². The monoisotopic (exact) mass is 281 g/mol. The Morgan fingerprint density at radius 2 is 1.86 bits per heavy atom. The van der Waals surface area contributed by atoms with Crippen LogP contribution in [0.5, 0.6) is 5.75 Å². The van der Waals surface area contributed by atoms with E-state index in [-0.39, 0.29) is 0 Å². The lowest BCUT2D eigenvalue weighted by Gasteiger charge is -2.30. The van der Waals surface area contributed by atoms with Gasteiger partial charge in [0.25, 0.3) is 0 Å². The highest BCUT2D eigenvalue weighted by Crippen LogP contribution is 2.35. The molecule has 0 spiro atoms. The van der Waals surface area contributed by atoms with E-state index in [1.807, 2.05) is 12.1 Å². The molecule has 2 nitrogen and oxygen atoms in total. The van der Waals surface area contributed by atoms with Crippen molar-refractivity contribution in [2.75, 3.05) is 13.1 Å². The van der Waals surface area contributed by atoms with Crippen molar-refractivity contribution in [3.63, 3.8) is 0 Å². The Morgan fingerprint density at radius 1 is 1.10 bits per heavy atom. The normalized spacial score (nSPS) is 13.3. The Labute approximate surface area is 126 Å². The summed E-state index contributed by atoms with van der Waals surface area (Å²) >= 11 is 0. The largest absolute Gasteiger partial charge is 0.508 e. The zero-order chi connectivity index (χ0) is 14.8. The first-order valence-corrected chi connectivity index (χ1v) is 7.93. The van der Waals surface area contributed by atoms with Gasteiger partial charge in [0.15, 0.2) is 0 Å². The maximum absolute atomic E-state index is 9.95. The van der Waals surface area contributed by atoms with Gasteiger partial charge in [-0.2, -0.15) is 0 Å². The summed E-state index contributed by atoms with van der Waals surface area (Å²) in [4.78, 5) is 2.49. The molecule has 2 heteroatoms. The van der Waals surface area contributed by atoms with Crippen LogP contribution >= 0.6 is 0 Å². The third-order valence-corrected chi connectivity index (χ3v) is 4.17. The molecular weight excluding hydrogens is 258 g/mol. The smallest absolute Gasteiger partial charge is 0.116 e. The van der Waals surface area contributed by atoms with Crippen molar-refractivity contribution >= 4 is 16.8 Å². The van der Waals surface area contributed by atoms with Crippen molar-refractivity contribution in [2.24, 2.45) is 0 Å². The van der Waals surface area contributed by atoms with Gasteiger partial charge in [-0.15, -0.1) is 0 Å². The van der Waals surface area contributed by atoms with Crippen LogP contribution in [0.1, 0.15) is 37.8 Å². The van der Waals surface area contributed by atoms with Gasteiger partial charge in [0, 0.05) is 25.2 Å². The molecule has 110 valence electrons. The van der Waals surface area contributed by atoms with E-state index in [2.05, 4.69) is 43.0 Å². The van der Waals surface area contributed by atoms with Crippen molar-refractivity contribution in [2.45, 2.75) is 33.1 Å². The van der Waals surface area contributed by atoms with Crippen molar-refractivity contribution in [3.8, 4) is 5.75 Å². The zero-order valence-electron chi connectivity index (χ0n) is 12.9. The molecule has 0 radical (unpaired) electrons. The zero-order valence-corrected chi connectivity index (χ0v) is 12.9. The van der Waals surface area contributed by atoms with E-state index in [4.69, 9.17) is 0 Å². The summed E-state index contributed by atoms with van der Waals surface area (Å²) in [6.07, 6.45) is 5.58. The number of allylic oxidation sites excluding steroid dienone is 1. The first kappa shape index (κ1) is 14.0. The highest BCUT2D eigenvalue weighted by molar-refractivity contribution is 5.96. The summed E-state index contributed by atoms with van der Waals surface area (Å²) in [5, 5.41) is 12.4. The number of phenolic OH excluding ortho intramolecular Hbond substituents is 1. The van der Waals surface area contributed by atoms with Gasteiger partial charge >= 0.3 is 0 Å². The number of hydrogen-bond donors (Lipinski definition) is 1. The summed E-state index contributed by atoms with van der Waals surface area (Å²) in [6.45, 7) is 6.66. The first-order chi connectivity index (χ1) is 10.2. The molecule has 0 aliphatic heterocycles. The van der Waals surface area contributed by atoms with Crippen LogP contribution in [0.25, 0.3) is 16.8 Å². The maximum atomic E-state index is 9.95. The molecule has 1 aliphatic rings. The van der Waals surface area contributed by atoms with Gasteiger partial charge in [-0.05, 0) is 52.9 Å². The lowest BCUT2D eigenvalue weighted by molar-refractivity contribution is 0.340. The van der Waals surface area contributed by atoms with Gasteiger partial charge in [0.2, 0.25) is 0 Å². The second-order valence-electron chi connectivity index (χ2n) is 5.85. The van der Waals surface area contributed by atoms with E-state index in [1.54, 1.807) is 0 Å². The van der Waals surface area contributed by atoms with Crippen molar-refractivity contribution in [3.05, 3.63) is 47.2 Å². The molecule has 0 heterocycles. The molecular formula is C19H23NO. The average molecular weight is 281 g/mol. The number of phenols is 1. The van der Waals surface area contributed by atoms with Crippen LogP contribution in [-0.2, 0) is 6.42 Å². The number of rotatable bonds is 5. The Balaban J connectivity index is 2.09. The topological polar surface area (TPSA) is 23.5 Å². The van der Waals surface area contributed by atoms with Gasteiger partial charge in [-0.1, -0.05) is 32.0 Å². The number of nitrogens with zero attached hydrogens (tertiary/aromatic N) is 1. The number of benzene rings is 2. The molecule has 0 fully saturated rings. The van der Waals surface area contributed by atoms with Crippen LogP contribution in [0.2, 0.25) is 0 Å². The van der Waals surface area contributed by atoms with Gasteiger partial charge in [-0.25, -0.2) is 0 Å². The minimum Gasteiger partial charge on any atom is -0.508 e. The van der Waals surface area contributed by atoms with Crippen LogP contribution in [0.3, 0.4) is 0 Å². The van der Waals surface area contributed by atoms with E-state index in [9.17, 15) is 5.11 Å². The van der Waals surface area contributed by atoms with Gasteiger partial charge in [-0.3, -0.25) is 0 Å². The second kappa shape index (κ2) is 5.80. The van der Waals surface area contributed by atoms with Crippen molar-refractivity contribution < 1.29 is 5.11 Å². The van der Waals surface area contributed by atoms with Crippen molar-refractivity contribution in [1.29, 1.82) is 0 Å². The Kier molecular flexibility index (Phi) is 3.87. The lowest BCUT2D eigenvalue weighted by atomic mass is 9.90. The van der Waals surface area contributed by atoms with E-state index in [1.165, 1.54) is 16.6 Å². The summed E-state index contributed by atoms with van der Waals surface area (Å²) in [6, 6.07) is 10.1. The van der Waals surface area contributed by atoms with Crippen LogP contribution in [0, 0.1) is 0 Å². The van der Waals surface area contributed by atoms with E-state index in [0.29, 0.717) is 5.75 Å². The second-order valence-corrected chi connectivity index (χ2v) is 5.85. The Morgan fingerprint density at radius 3 is 2.57 bits per heavy atom. The van der Waals surface area contributed by atoms with Gasteiger partial charge < -0.3 is 10.0 Å². The number of aromatic hydroxyl groups is 1. The third kappa shape index (κ3) is 2.63. The molecule has 0 bridgehead atoms. The molecule has 1 N–H and O–H groups in total. The molecule has 3 rings (SSSR count). The minimum atomic E-state index is 0.352. The predicted octanol–water partition coefficient (Wildman–Crippen LogP) is 4.56. The summed E-state index contributed by atoms with van der Waals surface area (Å²) in [5.74, 6) is 0.352. The molecule has 0 saturated heterocycles. The fourth-order valence-electron chi connectivity index (χ4n) is 3.35. The predicted molar refractivity (Wildman–Crippen MR) is 89.4 cm³/mol. The molecule has 21 heavy (non-hydrogen) atoms. The molecule has 2 aromatic rings. The van der Waals surface area contributed by atoms with Gasteiger partial charge in [0.1, 0.15) is 5.75 Å².